The zero-order valence-corrected chi connectivity index (χ0v) is 21.4. The van der Waals surface area contributed by atoms with Crippen molar-refractivity contribution in [1.29, 1.82) is 0 Å². The standard InChI is InChI=1S/C29H28F3NO6/c1-37-27(35)24-13-22(20-8-6-18(17-34)7-9-20)14-26(21-10-11-21)33(16-25(24)28(36)38-2)15-19-4-3-5-23(12-19)39-29(30,31)32/h3-9,12-14,16,21,26,34H,10-11,15,17H2,1-2H3. The molecule has 0 bridgehead atoms. The van der Waals surface area contributed by atoms with Gasteiger partial charge in [0.1, 0.15) is 5.75 Å². The molecule has 10 heteroatoms. The van der Waals surface area contributed by atoms with Gasteiger partial charge in [0.05, 0.1) is 38.0 Å². The van der Waals surface area contributed by atoms with Crippen molar-refractivity contribution < 1.29 is 42.1 Å². The van der Waals surface area contributed by atoms with Crippen LogP contribution in [-0.4, -0.2) is 48.6 Å². The molecule has 1 fully saturated rings. The first-order chi connectivity index (χ1) is 18.6. The van der Waals surface area contributed by atoms with Gasteiger partial charge in [0.15, 0.2) is 0 Å². The van der Waals surface area contributed by atoms with Crippen molar-refractivity contribution in [3.8, 4) is 5.75 Å². The summed E-state index contributed by atoms with van der Waals surface area (Å²) in [4.78, 5) is 27.6. The van der Waals surface area contributed by atoms with E-state index in [4.69, 9.17) is 9.47 Å². The average molecular weight is 544 g/mol. The molecule has 39 heavy (non-hydrogen) atoms. The van der Waals surface area contributed by atoms with Gasteiger partial charge in [-0.1, -0.05) is 42.5 Å². The number of aliphatic hydroxyl groups excluding tert-OH is 1. The zero-order valence-electron chi connectivity index (χ0n) is 21.4. The number of aliphatic hydroxyl groups is 1. The number of benzene rings is 2. The number of carbonyl (C=O) groups excluding carboxylic acids is 2. The lowest BCUT2D eigenvalue weighted by Crippen LogP contribution is -2.33. The third kappa shape index (κ3) is 7.08. The second-order valence-corrected chi connectivity index (χ2v) is 9.26. The zero-order chi connectivity index (χ0) is 28.2. The molecule has 1 aliphatic heterocycles. The van der Waals surface area contributed by atoms with Crippen molar-refractivity contribution >= 4 is 17.5 Å². The fourth-order valence-electron chi connectivity index (χ4n) is 4.46. The van der Waals surface area contributed by atoms with E-state index in [0.29, 0.717) is 16.7 Å². The van der Waals surface area contributed by atoms with Crippen LogP contribution in [0.1, 0.15) is 29.5 Å². The summed E-state index contributed by atoms with van der Waals surface area (Å²) in [7, 11) is 2.40. The third-order valence-corrected chi connectivity index (χ3v) is 6.50. The monoisotopic (exact) mass is 543 g/mol. The van der Waals surface area contributed by atoms with E-state index in [0.717, 1.165) is 18.4 Å². The highest BCUT2D eigenvalue weighted by Gasteiger charge is 2.36. The highest BCUT2D eigenvalue weighted by Crippen LogP contribution is 2.40. The van der Waals surface area contributed by atoms with E-state index < -0.39 is 18.3 Å². The first-order valence-corrected chi connectivity index (χ1v) is 12.2. The average Bonchev–Trinajstić information content (AvgIpc) is 3.74. The largest absolute Gasteiger partial charge is 0.573 e. The molecule has 1 aliphatic carbocycles. The molecule has 0 amide bonds. The predicted octanol–water partition coefficient (Wildman–Crippen LogP) is 4.91. The number of hydrogen-bond acceptors (Lipinski definition) is 7. The van der Waals surface area contributed by atoms with E-state index in [2.05, 4.69) is 4.74 Å². The van der Waals surface area contributed by atoms with Crippen molar-refractivity contribution in [2.24, 2.45) is 5.92 Å². The Morgan fingerprint density at radius 1 is 0.974 bits per heavy atom. The summed E-state index contributed by atoms with van der Waals surface area (Å²) < 4.78 is 52.5. The highest BCUT2D eigenvalue weighted by molar-refractivity contribution is 6.08. The molecule has 1 heterocycles. The Labute approximate surface area is 223 Å². The van der Waals surface area contributed by atoms with E-state index in [1.54, 1.807) is 36.4 Å². The Kier molecular flexibility index (Phi) is 8.44. The molecule has 4 rings (SSSR count). The Morgan fingerprint density at radius 2 is 1.64 bits per heavy atom. The van der Waals surface area contributed by atoms with E-state index in [-0.39, 0.29) is 42.0 Å². The lowest BCUT2D eigenvalue weighted by molar-refractivity contribution is -0.274. The number of allylic oxidation sites excluding steroid dienone is 2. The molecule has 1 atom stereocenters. The van der Waals surface area contributed by atoms with Crippen LogP contribution in [0.2, 0.25) is 0 Å². The van der Waals surface area contributed by atoms with Gasteiger partial charge in [-0.25, -0.2) is 9.59 Å². The second-order valence-electron chi connectivity index (χ2n) is 9.26. The summed E-state index contributed by atoms with van der Waals surface area (Å²) in [5.74, 6) is -1.66. The van der Waals surface area contributed by atoms with Gasteiger partial charge in [0.25, 0.3) is 0 Å². The number of esters is 2. The number of alkyl halides is 3. The van der Waals surface area contributed by atoms with Crippen molar-refractivity contribution in [1.82, 2.24) is 4.90 Å². The normalized spacial score (nSPS) is 17.7. The number of halogens is 3. The van der Waals surface area contributed by atoms with Crippen LogP contribution >= 0.6 is 0 Å². The number of carbonyl (C=O) groups is 2. The quantitative estimate of drug-likeness (QED) is 0.474. The number of nitrogens with zero attached hydrogens (tertiary/aromatic N) is 1. The van der Waals surface area contributed by atoms with Gasteiger partial charge in [0, 0.05) is 12.7 Å². The smallest absolute Gasteiger partial charge is 0.465 e. The van der Waals surface area contributed by atoms with E-state index in [9.17, 15) is 27.9 Å². The summed E-state index contributed by atoms with van der Waals surface area (Å²) >= 11 is 0. The molecule has 0 spiro atoms. The molecule has 1 N–H and O–H groups in total. The molecule has 2 aromatic carbocycles. The Bertz CT molecular complexity index is 1310. The maximum Gasteiger partial charge on any atom is 0.573 e. The fraction of sp³-hybridized carbons (Fsp3) is 0.310. The SMILES string of the molecule is COC(=O)C1=CC(c2ccc(CO)cc2)=CC(C2CC2)N(Cc2cccc(OC(F)(F)F)c2)C=C1C(=O)OC. The second kappa shape index (κ2) is 11.8. The topological polar surface area (TPSA) is 85.3 Å². The van der Waals surface area contributed by atoms with Gasteiger partial charge in [-0.15, -0.1) is 13.2 Å². The molecule has 7 nitrogen and oxygen atoms in total. The van der Waals surface area contributed by atoms with Gasteiger partial charge >= 0.3 is 18.3 Å². The summed E-state index contributed by atoms with van der Waals surface area (Å²) in [6.07, 6.45) is 2.07. The molecule has 0 radical (unpaired) electrons. The lowest BCUT2D eigenvalue weighted by Gasteiger charge is -2.32. The molecule has 0 saturated heterocycles. The van der Waals surface area contributed by atoms with Gasteiger partial charge < -0.3 is 24.2 Å². The lowest BCUT2D eigenvalue weighted by atomic mass is 9.93. The third-order valence-electron chi connectivity index (χ3n) is 6.50. The Morgan fingerprint density at radius 3 is 2.23 bits per heavy atom. The van der Waals surface area contributed by atoms with Crippen LogP contribution in [0.4, 0.5) is 13.2 Å². The fourth-order valence-corrected chi connectivity index (χ4v) is 4.46. The minimum atomic E-state index is -4.84. The van der Waals surface area contributed by atoms with Crippen molar-refractivity contribution in [3.05, 3.63) is 94.7 Å². The van der Waals surface area contributed by atoms with Gasteiger partial charge in [-0.3, -0.25) is 0 Å². The molecular weight excluding hydrogens is 515 g/mol. The summed E-state index contributed by atoms with van der Waals surface area (Å²) in [6.45, 7) is -0.00814. The first kappa shape index (κ1) is 28.0. The summed E-state index contributed by atoms with van der Waals surface area (Å²) in [6, 6.07) is 12.5. The van der Waals surface area contributed by atoms with Crippen LogP contribution in [-0.2, 0) is 32.2 Å². The molecule has 206 valence electrons. The van der Waals surface area contributed by atoms with Crippen LogP contribution < -0.4 is 4.74 Å². The van der Waals surface area contributed by atoms with Crippen molar-refractivity contribution in [3.63, 3.8) is 0 Å². The van der Waals surface area contributed by atoms with Gasteiger partial charge in [-0.2, -0.15) is 0 Å². The minimum Gasteiger partial charge on any atom is -0.465 e. The highest BCUT2D eigenvalue weighted by atomic mass is 19.4. The molecule has 2 aromatic rings. The van der Waals surface area contributed by atoms with Crippen LogP contribution in [0.15, 0.2) is 78.0 Å². The van der Waals surface area contributed by atoms with Gasteiger partial charge in [-0.05, 0) is 59.2 Å². The maximum atomic E-state index is 12.9. The predicted molar refractivity (Wildman–Crippen MR) is 136 cm³/mol. The van der Waals surface area contributed by atoms with Crippen molar-refractivity contribution in [2.45, 2.75) is 38.4 Å². The van der Waals surface area contributed by atoms with Crippen molar-refractivity contribution in [2.75, 3.05) is 14.2 Å². The number of rotatable bonds is 8. The molecule has 1 saturated carbocycles. The Balaban J connectivity index is 1.85. The van der Waals surface area contributed by atoms with E-state index >= 15 is 0 Å². The molecule has 2 aliphatic rings. The van der Waals surface area contributed by atoms with Gasteiger partial charge in [0.2, 0.25) is 0 Å². The maximum absolute atomic E-state index is 12.9. The Hall–Kier alpha value is -4.05. The van der Waals surface area contributed by atoms with E-state index in [1.165, 1.54) is 38.6 Å². The number of methoxy groups -OCH3 is 2. The molecule has 1 unspecified atom stereocenters. The molecular formula is C29H28F3NO6. The summed E-state index contributed by atoms with van der Waals surface area (Å²) in [5.41, 5.74) is 2.52. The summed E-state index contributed by atoms with van der Waals surface area (Å²) in [5, 5.41) is 9.45. The van der Waals surface area contributed by atoms with Crippen LogP contribution in [0.25, 0.3) is 5.57 Å². The molecule has 0 aromatic heterocycles. The number of hydrogen-bond donors (Lipinski definition) is 1. The van der Waals surface area contributed by atoms with Crippen LogP contribution in [0, 0.1) is 5.92 Å². The minimum absolute atomic E-state index is 0.0322. The number of ether oxygens (including phenoxy) is 3. The van der Waals surface area contributed by atoms with Crippen LogP contribution in [0.3, 0.4) is 0 Å². The van der Waals surface area contributed by atoms with Crippen LogP contribution in [0.5, 0.6) is 5.75 Å². The van der Waals surface area contributed by atoms with E-state index in [1.807, 2.05) is 11.0 Å². The first-order valence-electron chi connectivity index (χ1n) is 12.2.